The molecule has 4 heteroatoms. The van der Waals surface area contributed by atoms with Gasteiger partial charge < -0.3 is 14.9 Å². The lowest BCUT2D eigenvalue weighted by molar-refractivity contribution is 0.0596. The van der Waals surface area contributed by atoms with Gasteiger partial charge in [0.2, 0.25) is 0 Å². The van der Waals surface area contributed by atoms with Crippen molar-refractivity contribution >= 4 is 12.0 Å². The minimum absolute atomic E-state index is 0.0156. The summed E-state index contributed by atoms with van der Waals surface area (Å²) in [6.07, 6.45) is 3.21. The number of rotatable bonds is 2. The molecule has 0 fully saturated rings. The van der Waals surface area contributed by atoms with E-state index in [9.17, 15) is 15.0 Å². The maximum absolute atomic E-state index is 11.5. The van der Waals surface area contributed by atoms with Crippen molar-refractivity contribution in [2.75, 3.05) is 7.11 Å². The van der Waals surface area contributed by atoms with Gasteiger partial charge in [0, 0.05) is 5.56 Å². The molecule has 1 rings (SSSR count). The third kappa shape index (κ3) is 2.00. The van der Waals surface area contributed by atoms with E-state index in [0.717, 1.165) is 0 Å². The molecule has 2 N–H and O–H groups in total. The number of ether oxygens (including phenoxy) is 1. The van der Waals surface area contributed by atoms with Crippen molar-refractivity contribution in [3.8, 4) is 11.5 Å². The largest absolute Gasteiger partial charge is 0.507 e. The lowest BCUT2D eigenvalue weighted by atomic mass is 10.0. The molecule has 0 saturated carbocycles. The molecule has 1 aromatic carbocycles. The van der Waals surface area contributed by atoms with Gasteiger partial charge in [-0.1, -0.05) is 12.2 Å². The van der Waals surface area contributed by atoms with Crippen LogP contribution in [0.15, 0.2) is 12.1 Å². The van der Waals surface area contributed by atoms with Crippen LogP contribution in [0, 0.1) is 6.92 Å². The SMILES string of the molecule is C/C=C/c1c(O)cc(C)c(O)c1C(=O)OC. The highest BCUT2D eigenvalue weighted by atomic mass is 16.5. The number of methoxy groups -OCH3 is 1. The van der Waals surface area contributed by atoms with Gasteiger partial charge in [0.25, 0.3) is 0 Å². The Hall–Kier alpha value is -1.97. The number of benzene rings is 1. The van der Waals surface area contributed by atoms with E-state index < -0.39 is 5.97 Å². The Morgan fingerprint density at radius 3 is 2.56 bits per heavy atom. The van der Waals surface area contributed by atoms with Gasteiger partial charge in [0.15, 0.2) is 0 Å². The maximum atomic E-state index is 11.5. The van der Waals surface area contributed by atoms with Crippen LogP contribution in [-0.2, 0) is 4.74 Å². The first kappa shape index (κ1) is 12.1. The van der Waals surface area contributed by atoms with E-state index in [2.05, 4.69) is 4.74 Å². The Labute approximate surface area is 93.8 Å². The first-order valence-electron chi connectivity index (χ1n) is 4.79. The minimum Gasteiger partial charge on any atom is -0.507 e. The van der Waals surface area contributed by atoms with Crippen molar-refractivity contribution in [3.05, 3.63) is 28.8 Å². The zero-order chi connectivity index (χ0) is 12.3. The van der Waals surface area contributed by atoms with Crippen molar-refractivity contribution in [2.24, 2.45) is 0 Å². The van der Waals surface area contributed by atoms with Gasteiger partial charge in [-0.25, -0.2) is 4.79 Å². The summed E-state index contributed by atoms with van der Waals surface area (Å²) in [6, 6.07) is 1.40. The number of aryl methyl sites for hydroxylation is 1. The van der Waals surface area contributed by atoms with Gasteiger partial charge in [-0.15, -0.1) is 0 Å². The van der Waals surface area contributed by atoms with E-state index in [4.69, 9.17) is 0 Å². The Morgan fingerprint density at radius 2 is 2.06 bits per heavy atom. The minimum atomic E-state index is -0.676. The molecule has 0 saturated heterocycles. The normalized spacial score (nSPS) is 10.7. The highest BCUT2D eigenvalue weighted by Crippen LogP contribution is 2.34. The molecular formula is C12H14O4. The predicted molar refractivity (Wildman–Crippen MR) is 60.6 cm³/mol. The van der Waals surface area contributed by atoms with E-state index in [-0.39, 0.29) is 22.6 Å². The third-order valence-electron chi connectivity index (χ3n) is 2.23. The molecule has 0 bridgehead atoms. The summed E-state index contributed by atoms with van der Waals surface area (Å²) in [6.45, 7) is 3.35. The van der Waals surface area contributed by atoms with Crippen LogP contribution in [0.5, 0.6) is 11.5 Å². The first-order valence-corrected chi connectivity index (χ1v) is 4.79. The highest BCUT2D eigenvalue weighted by molar-refractivity contribution is 5.98. The van der Waals surface area contributed by atoms with Gasteiger partial charge in [-0.05, 0) is 25.5 Å². The van der Waals surface area contributed by atoms with Crippen molar-refractivity contribution in [1.82, 2.24) is 0 Å². The number of carbonyl (C=O) groups excluding carboxylic acids is 1. The number of allylic oxidation sites excluding steroid dienone is 1. The molecule has 86 valence electrons. The molecular weight excluding hydrogens is 208 g/mol. The second-order valence-electron chi connectivity index (χ2n) is 3.34. The number of hydrogen-bond donors (Lipinski definition) is 2. The number of hydrogen-bond acceptors (Lipinski definition) is 4. The standard InChI is InChI=1S/C12H14O4/c1-4-5-8-9(13)6-7(2)11(14)10(8)12(15)16-3/h4-6,13-14H,1-3H3/b5-4+. The topological polar surface area (TPSA) is 66.8 Å². The van der Waals surface area contributed by atoms with Gasteiger partial charge in [0.05, 0.1) is 7.11 Å². The van der Waals surface area contributed by atoms with Crippen molar-refractivity contribution in [2.45, 2.75) is 13.8 Å². The van der Waals surface area contributed by atoms with Crippen LogP contribution in [0.3, 0.4) is 0 Å². The number of phenolic OH excluding ortho intramolecular Hbond substituents is 2. The molecule has 0 amide bonds. The molecule has 0 heterocycles. The number of esters is 1. The van der Waals surface area contributed by atoms with Crippen molar-refractivity contribution in [1.29, 1.82) is 0 Å². The lowest BCUT2D eigenvalue weighted by Crippen LogP contribution is -2.05. The molecule has 0 unspecified atom stereocenters. The molecule has 1 aromatic rings. The smallest absolute Gasteiger partial charge is 0.342 e. The van der Waals surface area contributed by atoms with Gasteiger partial charge in [0.1, 0.15) is 17.1 Å². The second kappa shape index (κ2) is 4.70. The van der Waals surface area contributed by atoms with E-state index in [0.29, 0.717) is 5.56 Å². The van der Waals surface area contributed by atoms with Crippen LogP contribution in [0.25, 0.3) is 6.08 Å². The molecule has 4 nitrogen and oxygen atoms in total. The fraction of sp³-hybridized carbons (Fsp3) is 0.250. The molecule has 0 aliphatic carbocycles. The van der Waals surface area contributed by atoms with Gasteiger partial charge >= 0.3 is 5.97 Å². The average Bonchev–Trinajstić information content (AvgIpc) is 2.25. The molecule has 0 spiro atoms. The summed E-state index contributed by atoms with van der Waals surface area (Å²) in [4.78, 5) is 11.5. The molecule has 0 aromatic heterocycles. The third-order valence-corrected chi connectivity index (χ3v) is 2.23. The number of phenols is 2. The summed E-state index contributed by atoms with van der Waals surface area (Å²) >= 11 is 0. The van der Waals surface area contributed by atoms with Crippen LogP contribution in [0.4, 0.5) is 0 Å². The quantitative estimate of drug-likeness (QED) is 0.594. The summed E-state index contributed by atoms with van der Waals surface area (Å²) in [5, 5.41) is 19.5. The Kier molecular flexibility index (Phi) is 3.55. The van der Waals surface area contributed by atoms with Crippen LogP contribution >= 0.6 is 0 Å². The van der Waals surface area contributed by atoms with Crippen LogP contribution in [-0.4, -0.2) is 23.3 Å². The summed E-state index contributed by atoms with van der Waals surface area (Å²) in [7, 11) is 1.22. The molecule has 0 aliphatic heterocycles. The molecule has 0 atom stereocenters. The lowest BCUT2D eigenvalue weighted by Gasteiger charge is -2.11. The zero-order valence-corrected chi connectivity index (χ0v) is 9.44. The van der Waals surface area contributed by atoms with Crippen LogP contribution in [0.2, 0.25) is 0 Å². The Bertz CT molecular complexity index is 447. The number of aromatic hydroxyl groups is 2. The Morgan fingerprint density at radius 1 is 1.44 bits per heavy atom. The summed E-state index contributed by atoms with van der Waals surface area (Å²) < 4.78 is 4.57. The van der Waals surface area contributed by atoms with E-state index in [1.807, 2.05) is 0 Å². The van der Waals surface area contributed by atoms with E-state index in [1.165, 1.54) is 13.2 Å². The first-order chi connectivity index (χ1) is 7.52. The molecule has 16 heavy (non-hydrogen) atoms. The van der Waals surface area contributed by atoms with Crippen molar-refractivity contribution < 1.29 is 19.7 Å². The van der Waals surface area contributed by atoms with Crippen LogP contribution in [0.1, 0.15) is 28.4 Å². The van der Waals surface area contributed by atoms with E-state index >= 15 is 0 Å². The molecule has 0 aliphatic rings. The van der Waals surface area contributed by atoms with Gasteiger partial charge in [-0.2, -0.15) is 0 Å². The summed E-state index contributed by atoms with van der Waals surface area (Å²) in [5.74, 6) is -0.906. The highest BCUT2D eigenvalue weighted by Gasteiger charge is 2.20. The zero-order valence-electron chi connectivity index (χ0n) is 9.44. The van der Waals surface area contributed by atoms with E-state index in [1.54, 1.807) is 26.0 Å². The van der Waals surface area contributed by atoms with Crippen LogP contribution < -0.4 is 0 Å². The molecule has 0 radical (unpaired) electrons. The monoisotopic (exact) mass is 222 g/mol. The number of carbonyl (C=O) groups is 1. The second-order valence-corrected chi connectivity index (χ2v) is 3.34. The summed E-state index contributed by atoms with van der Waals surface area (Å²) in [5.41, 5.74) is 0.668. The predicted octanol–water partition coefficient (Wildman–Crippen LogP) is 2.23. The fourth-order valence-corrected chi connectivity index (χ4v) is 1.45. The fourth-order valence-electron chi connectivity index (χ4n) is 1.45. The Balaban J connectivity index is 3.57. The van der Waals surface area contributed by atoms with Gasteiger partial charge in [-0.3, -0.25) is 0 Å². The van der Waals surface area contributed by atoms with Crippen molar-refractivity contribution in [3.63, 3.8) is 0 Å². The average molecular weight is 222 g/mol. The maximum Gasteiger partial charge on any atom is 0.342 e.